The highest BCUT2D eigenvalue weighted by Gasteiger charge is 2.26. The number of hydrogen-bond acceptors (Lipinski definition) is 6. The highest BCUT2D eigenvalue weighted by molar-refractivity contribution is 8.02. The number of ether oxygens (including phenoxy) is 1. The SMILES string of the molecule is COc1cccc(C2=CSc3nnc([C@H]4CCCN4)n3N2)c1. The maximum atomic E-state index is 5.30. The van der Waals surface area contributed by atoms with Crippen LogP contribution in [0.15, 0.2) is 34.8 Å². The second-order valence-corrected chi connectivity index (χ2v) is 6.15. The molecule has 3 heterocycles. The molecule has 0 unspecified atom stereocenters. The largest absolute Gasteiger partial charge is 0.497 e. The Balaban J connectivity index is 1.64. The summed E-state index contributed by atoms with van der Waals surface area (Å²) in [5, 5.41) is 15.0. The van der Waals surface area contributed by atoms with Crippen LogP contribution in [-0.2, 0) is 0 Å². The first-order valence-corrected chi connectivity index (χ1v) is 8.20. The Hall–Kier alpha value is -1.99. The number of methoxy groups -OCH3 is 1. The van der Waals surface area contributed by atoms with Crippen molar-refractivity contribution in [2.24, 2.45) is 0 Å². The van der Waals surface area contributed by atoms with Crippen LogP contribution in [0, 0.1) is 0 Å². The molecule has 4 rings (SSSR count). The van der Waals surface area contributed by atoms with Crippen LogP contribution in [0.5, 0.6) is 5.75 Å². The summed E-state index contributed by atoms with van der Waals surface area (Å²) in [6.45, 7) is 1.04. The number of nitrogens with one attached hydrogen (secondary N) is 2. The van der Waals surface area contributed by atoms with Gasteiger partial charge in [0.2, 0.25) is 5.16 Å². The molecule has 22 heavy (non-hydrogen) atoms. The van der Waals surface area contributed by atoms with E-state index in [9.17, 15) is 0 Å². The highest BCUT2D eigenvalue weighted by Crippen LogP contribution is 2.32. The lowest BCUT2D eigenvalue weighted by molar-refractivity contribution is 0.414. The topological polar surface area (TPSA) is 64.0 Å². The molecule has 1 saturated heterocycles. The first kappa shape index (κ1) is 13.7. The van der Waals surface area contributed by atoms with Gasteiger partial charge in [0.15, 0.2) is 5.82 Å². The van der Waals surface area contributed by atoms with E-state index in [1.165, 1.54) is 6.42 Å². The molecular formula is C15H17N5OS. The van der Waals surface area contributed by atoms with Crippen molar-refractivity contribution in [2.45, 2.75) is 24.0 Å². The van der Waals surface area contributed by atoms with Gasteiger partial charge in [-0.15, -0.1) is 10.2 Å². The molecule has 2 aliphatic heterocycles. The minimum Gasteiger partial charge on any atom is -0.497 e. The van der Waals surface area contributed by atoms with Gasteiger partial charge in [-0.2, -0.15) is 0 Å². The van der Waals surface area contributed by atoms with Gasteiger partial charge in [0.25, 0.3) is 0 Å². The van der Waals surface area contributed by atoms with Gasteiger partial charge in [-0.3, -0.25) is 5.43 Å². The Bertz CT molecular complexity index is 720. The first-order valence-electron chi connectivity index (χ1n) is 7.32. The van der Waals surface area contributed by atoms with Crippen molar-refractivity contribution in [3.8, 4) is 5.75 Å². The molecule has 114 valence electrons. The van der Waals surface area contributed by atoms with Gasteiger partial charge >= 0.3 is 0 Å². The molecule has 1 aromatic heterocycles. The molecule has 6 nitrogen and oxygen atoms in total. The van der Waals surface area contributed by atoms with Crippen LogP contribution >= 0.6 is 11.8 Å². The quantitative estimate of drug-likeness (QED) is 0.906. The van der Waals surface area contributed by atoms with Gasteiger partial charge in [0.1, 0.15) is 5.75 Å². The Morgan fingerprint density at radius 1 is 1.36 bits per heavy atom. The summed E-state index contributed by atoms with van der Waals surface area (Å²) in [5.41, 5.74) is 5.53. The Morgan fingerprint density at radius 3 is 3.14 bits per heavy atom. The van der Waals surface area contributed by atoms with Crippen molar-refractivity contribution < 1.29 is 4.74 Å². The molecule has 2 aliphatic rings. The van der Waals surface area contributed by atoms with Crippen molar-refractivity contribution in [3.63, 3.8) is 0 Å². The number of nitrogens with zero attached hydrogens (tertiary/aromatic N) is 3. The van der Waals surface area contributed by atoms with E-state index in [4.69, 9.17) is 4.74 Å². The number of fused-ring (bicyclic) bond motifs is 1. The van der Waals surface area contributed by atoms with Gasteiger partial charge in [-0.05, 0) is 31.5 Å². The summed E-state index contributed by atoms with van der Waals surface area (Å²) in [4.78, 5) is 0. The lowest BCUT2D eigenvalue weighted by Gasteiger charge is -2.21. The van der Waals surface area contributed by atoms with E-state index in [1.807, 2.05) is 22.9 Å². The molecule has 1 fully saturated rings. The first-order chi connectivity index (χ1) is 10.8. The summed E-state index contributed by atoms with van der Waals surface area (Å²) in [6.07, 6.45) is 2.28. The van der Waals surface area contributed by atoms with E-state index in [2.05, 4.69) is 32.4 Å². The summed E-state index contributed by atoms with van der Waals surface area (Å²) < 4.78 is 7.29. The van der Waals surface area contributed by atoms with Crippen LogP contribution in [0.4, 0.5) is 0 Å². The van der Waals surface area contributed by atoms with E-state index in [-0.39, 0.29) is 6.04 Å². The fraction of sp³-hybridized carbons (Fsp3) is 0.333. The number of benzene rings is 1. The lowest BCUT2D eigenvalue weighted by Crippen LogP contribution is -2.24. The molecule has 0 spiro atoms. The summed E-state index contributed by atoms with van der Waals surface area (Å²) in [5.74, 6) is 1.80. The van der Waals surface area contributed by atoms with Gasteiger partial charge in [0, 0.05) is 11.0 Å². The maximum absolute atomic E-state index is 5.30. The minimum absolute atomic E-state index is 0.277. The highest BCUT2D eigenvalue weighted by atomic mass is 32.2. The van der Waals surface area contributed by atoms with Crippen LogP contribution in [-0.4, -0.2) is 28.5 Å². The fourth-order valence-corrected chi connectivity index (χ4v) is 3.52. The Labute approximate surface area is 132 Å². The number of rotatable bonds is 3. The van der Waals surface area contributed by atoms with Gasteiger partial charge in [-0.1, -0.05) is 23.9 Å². The maximum Gasteiger partial charge on any atom is 0.214 e. The smallest absolute Gasteiger partial charge is 0.214 e. The van der Waals surface area contributed by atoms with Crippen LogP contribution in [0.1, 0.15) is 30.3 Å². The van der Waals surface area contributed by atoms with Gasteiger partial charge in [0.05, 0.1) is 18.8 Å². The number of aromatic nitrogens is 3. The van der Waals surface area contributed by atoms with Crippen molar-refractivity contribution in [2.75, 3.05) is 19.1 Å². The molecular weight excluding hydrogens is 298 g/mol. The molecule has 7 heteroatoms. The predicted molar refractivity (Wildman–Crippen MR) is 86.2 cm³/mol. The lowest BCUT2D eigenvalue weighted by atomic mass is 10.1. The molecule has 0 bridgehead atoms. The van der Waals surface area contributed by atoms with Crippen LogP contribution in [0.3, 0.4) is 0 Å². The Morgan fingerprint density at radius 2 is 2.32 bits per heavy atom. The zero-order valence-corrected chi connectivity index (χ0v) is 13.1. The average molecular weight is 315 g/mol. The van der Waals surface area contributed by atoms with E-state index in [1.54, 1.807) is 18.9 Å². The zero-order chi connectivity index (χ0) is 14.9. The van der Waals surface area contributed by atoms with Crippen molar-refractivity contribution in [3.05, 3.63) is 41.1 Å². The van der Waals surface area contributed by atoms with E-state index in [0.29, 0.717) is 0 Å². The zero-order valence-electron chi connectivity index (χ0n) is 12.2. The normalized spacial score (nSPS) is 20.2. The van der Waals surface area contributed by atoms with Crippen LogP contribution in [0.25, 0.3) is 5.70 Å². The van der Waals surface area contributed by atoms with E-state index < -0.39 is 0 Å². The van der Waals surface area contributed by atoms with E-state index in [0.717, 1.165) is 41.0 Å². The third-order valence-corrected chi connectivity index (χ3v) is 4.75. The second kappa shape index (κ2) is 5.66. The van der Waals surface area contributed by atoms with Crippen LogP contribution < -0.4 is 15.5 Å². The average Bonchev–Trinajstić information content (AvgIpc) is 3.23. The third kappa shape index (κ3) is 2.36. The van der Waals surface area contributed by atoms with Crippen LogP contribution in [0.2, 0.25) is 0 Å². The third-order valence-electron chi connectivity index (χ3n) is 3.93. The molecule has 0 aliphatic carbocycles. The second-order valence-electron chi connectivity index (χ2n) is 5.32. The molecule has 0 saturated carbocycles. The standard InChI is InChI=1S/C15H17N5OS/c1-21-11-5-2-4-10(8-11)13-9-22-15-18-17-14(20(15)19-13)12-6-3-7-16-12/h2,4-5,8-9,12,16,19H,3,6-7H2,1H3/t12-/m1/s1. The summed E-state index contributed by atoms with van der Waals surface area (Å²) in [7, 11) is 1.68. The Kier molecular flexibility index (Phi) is 3.51. The van der Waals surface area contributed by atoms with Crippen molar-refractivity contribution >= 4 is 17.5 Å². The summed E-state index contributed by atoms with van der Waals surface area (Å²) >= 11 is 1.58. The van der Waals surface area contributed by atoms with E-state index >= 15 is 0 Å². The molecule has 2 aromatic rings. The molecule has 1 aromatic carbocycles. The summed E-state index contributed by atoms with van der Waals surface area (Å²) in [6, 6.07) is 8.28. The fourth-order valence-electron chi connectivity index (χ4n) is 2.77. The van der Waals surface area contributed by atoms with Gasteiger partial charge < -0.3 is 10.1 Å². The van der Waals surface area contributed by atoms with Gasteiger partial charge in [-0.25, -0.2) is 4.68 Å². The molecule has 1 atom stereocenters. The predicted octanol–water partition coefficient (Wildman–Crippen LogP) is 2.36. The van der Waals surface area contributed by atoms with Crippen molar-refractivity contribution in [1.29, 1.82) is 0 Å². The minimum atomic E-state index is 0.277. The van der Waals surface area contributed by atoms with Crippen molar-refractivity contribution in [1.82, 2.24) is 20.2 Å². The molecule has 0 radical (unpaired) electrons. The monoisotopic (exact) mass is 315 g/mol. The molecule has 0 amide bonds. The molecule has 2 N–H and O–H groups in total. The number of hydrogen-bond donors (Lipinski definition) is 2. The number of thioether (sulfide) groups is 1.